The topological polar surface area (TPSA) is 20.2 Å². The quantitative estimate of drug-likeness (QED) is 0.563. The van der Waals surface area contributed by atoms with E-state index in [0.717, 1.165) is 5.92 Å². The Bertz CT molecular complexity index is 201. The normalized spacial score (nSPS) is 53.9. The van der Waals surface area contributed by atoms with Crippen molar-refractivity contribution in [2.45, 2.75) is 25.4 Å². The van der Waals surface area contributed by atoms with Gasteiger partial charge in [0.25, 0.3) is 0 Å². The summed E-state index contributed by atoms with van der Waals surface area (Å²) in [6.07, 6.45) is 8.50. The van der Waals surface area contributed by atoms with Gasteiger partial charge in [0, 0.05) is 5.92 Å². The predicted octanol–water partition coefficient (Wildman–Crippen LogP) is 1.58. The van der Waals surface area contributed by atoms with E-state index in [-0.39, 0.29) is 6.10 Å². The van der Waals surface area contributed by atoms with Gasteiger partial charge in [0.1, 0.15) is 0 Å². The number of fused-ring (bicyclic) bond motifs is 2. The highest BCUT2D eigenvalue weighted by molar-refractivity contribution is 5.20. The molecule has 4 unspecified atom stereocenters. The summed E-state index contributed by atoms with van der Waals surface area (Å²) in [6, 6.07) is 0. The molecule has 0 saturated heterocycles. The molecule has 3 aliphatic rings. The van der Waals surface area contributed by atoms with Crippen LogP contribution in [-0.4, -0.2) is 11.2 Å². The first kappa shape index (κ1) is 6.24. The second-order valence-electron chi connectivity index (χ2n) is 4.36. The molecule has 2 saturated carbocycles. The van der Waals surface area contributed by atoms with Crippen LogP contribution in [0.5, 0.6) is 0 Å². The van der Waals surface area contributed by atoms with Crippen molar-refractivity contribution in [2.24, 2.45) is 23.7 Å². The number of hydrogen-bond acceptors (Lipinski definition) is 1. The lowest BCUT2D eigenvalue weighted by atomic mass is 9.82. The van der Waals surface area contributed by atoms with Crippen molar-refractivity contribution in [1.29, 1.82) is 0 Å². The zero-order valence-electron chi connectivity index (χ0n) is 6.61. The molecule has 1 nitrogen and oxygen atoms in total. The molecule has 3 aliphatic carbocycles. The lowest BCUT2D eigenvalue weighted by Crippen LogP contribution is -2.29. The monoisotopic (exact) mass is 150 g/mol. The van der Waals surface area contributed by atoms with Crippen molar-refractivity contribution in [1.82, 2.24) is 0 Å². The maximum Gasteiger partial charge on any atom is 0.0607 e. The van der Waals surface area contributed by atoms with Gasteiger partial charge in [0.05, 0.1) is 6.10 Å². The van der Waals surface area contributed by atoms with Crippen LogP contribution in [0.25, 0.3) is 0 Å². The Kier molecular flexibility index (Phi) is 1.07. The van der Waals surface area contributed by atoms with Gasteiger partial charge >= 0.3 is 0 Å². The first-order valence-electron chi connectivity index (χ1n) is 4.72. The van der Waals surface area contributed by atoms with Crippen molar-refractivity contribution in [3.8, 4) is 0 Å². The molecule has 0 aliphatic heterocycles. The smallest absolute Gasteiger partial charge is 0.0607 e. The van der Waals surface area contributed by atoms with Gasteiger partial charge in [-0.2, -0.15) is 0 Å². The van der Waals surface area contributed by atoms with Crippen molar-refractivity contribution < 1.29 is 5.11 Å². The Hall–Kier alpha value is -0.300. The average Bonchev–Trinajstić information content (AvgIpc) is 2.62. The van der Waals surface area contributed by atoms with E-state index in [4.69, 9.17) is 0 Å². The highest BCUT2D eigenvalue weighted by atomic mass is 16.3. The minimum absolute atomic E-state index is 0.0359. The standard InChI is InChI=1S/C10H14O/c11-10-8-4-3-7(5-8)9(10)6-1-2-6/h1-2,6-11H,3-5H2. The van der Waals surface area contributed by atoms with E-state index < -0.39 is 0 Å². The number of allylic oxidation sites excluding steroid dienone is 2. The van der Waals surface area contributed by atoms with Gasteiger partial charge in [0.15, 0.2) is 0 Å². The summed E-state index contributed by atoms with van der Waals surface area (Å²) in [4.78, 5) is 0. The van der Waals surface area contributed by atoms with Crippen LogP contribution in [0.2, 0.25) is 0 Å². The van der Waals surface area contributed by atoms with E-state index in [9.17, 15) is 5.11 Å². The Morgan fingerprint density at radius 1 is 1.09 bits per heavy atom. The van der Waals surface area contributed by atoms with Crippen LogP contribution in [0.1, 0.15) is 19.3 Å². The molecule has 11 heavy (non-hydrogen) atoms. The number of aliphatic hydroxyl groups excluding tert-OH is 1. The number of hydrogen-bond donors (Lipinski definition) is 1. The van der Waals surface area contributed by atoms with Gasteiger partial charge in [-0.15, -0.1) is 0 Å². The molecule has 0 aromatic heterocycles. The van der Waals surface area contributed by atoms with Crippen LogP contribution >= 0.6 is 0 Å². The van der Waals surface area contributed by atoms with Gasteiger partial charge < -0.3 is 5.11 Å². The average molecular weight is 150 g/mol. The first-order valence-corrected chi connectivity index (χ1v) is 4.72. The van der Waals surface area contributed by atoms with Gasteiger partial charge in [0.2, 0.25) is 0 Å². The van der Waals surface area contributed by atoms with E-state index in [1.54, 1.807) is 0 Å². The Labute approximate surface area is 67.1 Å². The van der Waals surface area contributed by atoms with Crippen LogP contribution in [-0.2, 0) is 0 Å². The first-order chi connectivity index (χ1) is 5.36. The highest BCUT2D eigenvalue weighted by Gasteiger charge is 2.50. The molecule has 0 aromatic rings. The van der Waals surface area contributed by atoms with Gasteiger partial charge in [-0.1, -0.05) is 12.2 Å². The summed E-state index contributed by atoms with van der Waals surface area (Å²) < 4.78 is 0. The number of aliphatic hydroxyl groups is 1. The van der Waals surface area contributed by atoms with Crippen LogP contribution in [0, 0.1) is 23.7 Å². The molecule has 2 bridgehead atoms. The van der Waals surface area contributed by atoms with Crippen LogP contribution < -0.4 is 0 Å². The van der Waals surface area contributed by atoms with E-state index in [1.807, 2.05) is 0 Å². The Morgan fingerprint density at radius 2 is 1.82 bits per heavy atom. The fourth-order valence-electron chi connectivity index (χ4n) is 3.17. The van der Waals surface area contributed by atoms with Crippen molar-refractivity contribution in [3.05, 3.63) is 12.2 Å². The zero-order chi connectivity index (χ0) is 7.42. The van der Waals surface area contributed by atoms with E-state index in [0.29, 0.717) is 17.8 Å². The summed E-state index contributed by atoms with van der Waals surface area (Å²) in [7, 11) is 0. The summed E-state index contributed by atoms with van der Waals surface area (Å²) in [5, 5.41) is 9.85. The molecular weight excluding hydrogens is 136 g/mol. The fraction of sp³-hybridized carbons (Fsp3) is 0.800. The largest absolute Gasteiger partial charge is 0.393 e. The van der Waals surface area contributed by atoms with Crippen LogP contribution in [0.4, 0.5) is 0 Å². The van der Waals surface area contributed by atoms with E-state index in [2.05, 4.69) is 12.2 Å². The minimum Gasteiger partial charge on any atom is -0.393 e. The molecule has 0 heterocycles. The molecule has 0 amide bonds. The predicted molar refractivity (Wildman–Crippen MR) is 43.0 cm³/mol. The van der Waals surface area contributed by atoms with Crippen LogP contribution in [0.15, 0.2) is 12.2 Å². The third kappa shape index (κ3) is 0.750. The SMILES string of the molecule is OC1C2CCC(C2)C1C1C=C1. The summed E-state index contributed by atoms with van der Waals surface area (Å²) in [5.74, 6) is 2.82. The molecule has 1 N–H and O–H groups in total. The molecule has 0 spiro atoms. The molecule has 3 rings (SSSR count). The molecule has 0 radical (unpaired) electrons. The maximum absolute atomic E-state index is 9.85. The van der Waals surface area contributed by atoms with Crippen molar-refractivity contribution >= 4 is 0 Å². The lowest BCUT2D eigenvalue weighted by Gasteiger charge is -2.26. The summed E-state index contributed by atoms with van der Waals surface area (Å²) in [5.41, 5.74) is 0. The maximum atomic E-state index is 9.85. The second kappa shape index (κ2) is 1.89. The molecule has 2 fully saturated rings. The summed E-state index contributed by atoms with van der Waals surface area (Å²) in [6.45, 7) is 0. The fourth-order valence-corrected chi connectivity index (χ4v) is 3.17. The van der Waals surface area contributed by atoms with Crippen LogP contribution in [0.3, 0.4) is 0 Å². The third-order valence-electron chi connectivity index (χ3n) is 3.79. The third-order valence-corrected chi connectivity index (χ3v) is 3.79. The van der Waals surface area contributed by atoms with Gasteiger partial charge in [-0.05, 0) is 37.0 Å². The molecule has 1 heteroatoms. The van der Waals surface area contributed by atoms with Gasteiger partial charge in [-0.3, -0.25) is 0 Å². The van der Waals surface area contributed by atoms with Crippen molar-refractivity contribution in [2.75, 3.05) is 0 Å². The molecular formula is C10H14O. The zero-order valence-corrected chi connectivity index (χ0v) is 6.61. The van der Waals surface area contributed by atoms with Crippen molar-refractivity contribution in [3.63, 3.8) is 0 Å². The summed E-state index contributed by atoms with van der Waals surface area (Å²) >= 11 is 0. The minimum atomic E-state index is 0.0359. The van der Waals surface area contributed by atoms with E-state index in [1.165, 1.54) is 19.3 Å². The molecule has 4 atom stereocenters. The van der Waals surface area contributed by atoms with Gasteiger partial charge in [-0.25, -0.2) is 0 Å². The number of rotatable bonds is 1. The molecule has 0 aromatic carbocycles. The Balaban J connectivity index is 1.83. The molecule has 60 valence electrons. The highest BCUT2D eigenvalue weighted by Crippen LogP contribution is 2.53. The second-order valence-corrected chi connectivity index (χ2v) is 4.36. The van der Waals surface area contributed by atoms with E-state index >= 15 is 0 Å². The lowest BCUT2D eigenvalue weighted by molar-refractivity contribution is 0.0522. The Morgan fingerprint density at radius 3 is 2.36 bits per heavy atom.